The Bertz CT molecular complexity index is 705. The number of benzene rings is 2. The van der Waals surface area contributed by atoms with E-state index in [0.717, 1.165) is 18.2 Å². The second-order valence-corrected chi connectivity index (χ2v) is 4.60. The molecule has 0 aromatic heterocycles. The molecule has 0 atom stereocenters. The molecule has 108 valence electrons. The predicted octanol–water partition coefficient (Wildman–Crippen LogP) is 4.22. The van der Waals surface area contributed by atoms with E-state index in [0.29, 0.717) is 0 Å². The minimum atomic E-state index is -3.82. The van der Waals surface area contributed by atoms with Crippen LogP contribution in [0.2, 0.25) is 5.02 Å². The van der Waals surface area contributed by atoms with Crippen molar-refractivity contribution in [1.29, 1.82) is 0 Å². The van der Waals surface area contributed by atoms with Gasteiger partial charge in [0.15, 0.2) is 0 Å². The molecule has 0 heterocycles. The van der Waals surface area contributed by atoms with Gasteiger partial charge in [0.2, 0.25) is 5.78 Å². The molecular weight excluding hydrogens is 304 g/mol. The molecule has 0 aliphatic rings. The van der Waals surface area contributed by atoms with Gasteiger partial charge in [0.25, 0.3) is 5.69 Å². The average Bonchev–Trinajstić information content (AvgIpc) is 2.46. The molecule has 2 rings (SSSR count). The molecule has 0 spiro atoms. The number of halogens is 3. The van der Waals surface area contributed by atoms with E-state index >= 15 is 0 Å². The predicted molar refractivity (Wildman–Crippen MR) is 72.8 cm³/mol. The summed E-state index contributed by atoms with van der Waals surface area (Å²) in [6.45, 7) is 0. The van der Waals surface area contributed by atoms with Gasteiger partial charge in [-0.25, -0.2) is 0 Å². The van der Waals surface area contributed by atoms with Crippen LogP contribution in [-0.4, -0.2) is 10.7 Å². The zero-order valence-corrected chi connectivity index (χ0v) is 11.2. The van der Waals surface area contributed by atoms with Crippen molar-refractivity contribution in [3.8, 4) is 0 Å². The Hall–Kier alpha value is -2.34. The highest BCUT2D eigenvalue weighted by Gasteiger charge is 2.41. The van der Waals surface area contributed by atoms with E-state index in [-0.39, 0.29) is 5.56 Å². The summed E-state index contributed by atoms with van der Waals surface area (Å²) in [5, 5.41) is 10.2. The van der Waals surface area contributed by atoms with Gasteiger partial charge in [-0.15, -0.1) is 0 Å². The number of alkyl halides is 2. The topological polar surface area (TPSA) is 60.2 Å². The van der Waals surface area contributed by atoms with Gasteiger partial charge in [-0.3, -0.25) is 14.9 Å². The van der Waals surface area contributed by atoms with Crippen LogP contribution in [0.3, 0.4) is 0 Å². The number of rotatable bonds is 4. The fraction of sp³-hybridized carbons (Fsp3) is 0.0714. The molecule has 0 N–H and O–H groups in total. The molecule has 0 amide bonds. The molecule has 0 radical (unpaired) electrons. The third-order valence-corrected chi connectivity index (χ3v) is 3.13. The molecule has 0 unspecified atom stereocenters. The quantitative estimate of drug-likeness (QED) is 0.482. The number of carbonyl (C=O) groups excluding carboxylic acids is 1. The van der Waals surface area contributed by atoms with Crippen LogP contribution >= 0.6 is 11.6 Å². The fourth-order valence-electron chi connectivity index (χ4n) is 1.75. The van der Waals surface area contributed by atoms with Crippen molar-refractivity contribution in [2.24, 2.45) is 0 Å². The first kappa shape index (κ1) is 15.1. The van der Waals surface area contributed by atoms with Crippen LogP contribution in [0.5, 0.6) is 0 Å². The Morgan fingerprint density at radius 1 is 1.14 bits per heavy atom. The Morgan fingerprint density at radius 2 is 1.76 bits per heavy atom. The maximum Gasteiger partial charge on any atom is 0.335 e. The molecular formula is C14H8ClF2NO3. The highest BCUT2D eigenvalue weighted by molar-refractivity contribution is 6.32. The first-order valence-electron chi connectivity index (χ1n) is 5.76. The van der Waals surface area contributed by atoms with Gasteiger partial charge in [0.1, 0.15) is 5.02 Å². The molecule has 0 saturated carbocycles. The van der Waals surface area contributed by atoms with Gasteiger partial charge in [-0.1, -0.05) is 41.9 Å². The molecule has 2 aromatic rings. The number of hydrogen-bond acceptors (Lipinski definition) is 3. The highest BCUT2D eigenvalue weighted by atomic mass is 35.5. The van der Waals surface area contributed by atoms with E-state index in [9.17, 15) is 23.7 Å². The molecule has 0 fully saturated rings. The number of carbonyl (C=O) groups is 1. The first-order chi connectivity index (χ1) is 9.84. The Labute approximate surface area is 123 Å². The van der Waals surface area contributed by atoms with Crippen LogP contribution in [0.25, 0.3) is 0 Å². The normalized spacial score (nSPS) is 11.2. The molecule has 4 nitrogen and oxygen atoms in total. The number of hydrogen-bond donors (Lipinski definition) is 0. The minimum Gasteiger partial charge on any atom is -0.287 e. The standard InChI is InChI=1S/C14H8ClF2NO3/c15-11-8-10(6-7-12(11)18(20)21)14(16,17)13(19)9-4-2-1-3-5-9/h1-8H. The van der Waals surface area contributed by atoms with Gasteiger partial charge in [0.05, 0.1) is 4.92 Å². The smallest absolute Gasteiger partial charge is 0.287 e. The Kier molecular flexibility index (Phi) is 3.99. The van der Waals surface area contributed by atoms with Crippen molar-refractivity contribution >= 4 is 23.1 Å². The molecule has 0 aliphatic carbocycles. The lowest BCUT2D eigenvalue weighted by Crippen LogP contribution is -2.26. The fourth-order valence-corrected chi connectivity index (χ4v) is 2.00. The van der Waals surface area contributed by atoms with Crippen molar-refractivity contribution in [1.82, 2.24) is 0 Å². The summed E-state index contributed by atoms with van der Waals surface area (Å²) < 4.78 is 28.3. The van der Waals surface area contributed by atoms with Crippen molar-refractivity contribution in [2.45, 2.75) is 5.92 Å². The van der Waals surface area contributed by atoms with E-state index in [1.165, 1.54) is 24.3 Å². The second kappa shape index (κ2) is 5.57. The molecule has 21 heavy (non-hydrogen) atoms. The van der Waals surface area contributed by atoms with Crippen LogP contribution < -0.4 is 0 Å². The largest absolute Gasteiger partial charge is 0.335 e. The summed E-state index contributed by atoms with van der Waals surface area (Å²) in [6.07, 6.45) is 0. The van der Waals surface area contributed by atoms with Crippen molar-refractivity contribution < 1.29 is 18.5 Å². The number of ketones is 1. The van der Waals surface area contributed by atoms with E-state index in [4.69, 9.17) is 11.6 Å². The first-order valence-corrected chi connectivity index (χ1v) is 6.14. The van der Waals surface area contributed by atoms with Crippen molar-refractivity contribution in [3.63, 3.8) is 0 Å². The summed E-state index contributed by atoms with van der Waals surface area (Å²) >= 11 is 5.59. The maximum absolute atomic E-state index is 14.2. The average molecular weight is 312 g/mol. The minimum absolute atomic E-state index is 0.156. The number of Topliss-reactive ketones (excluding diaryl/α,β-unsaturated/α-hetero) is 1. The van der Waals surface area contributed by atoms with Crippen LogP contribution in [0.4, 0.5) is 14.5 Å². The van der Waals surface area contributed by atoms with Gasteiger partial charge < -0.3 is 0 Å². The van der Waals surface area contributed by atoms with Crippen molar-refractivity contribution in [3.05, 3.63) is 74.8 Å². The number of nitro groups is 1. The summed E-state index contributed by atoms with van der Waals surface area (Å²) in [5.41, 5.74) is -1.34. The van der Waals surface area contributed by atoms with E-state index in [1.54, 1.807) is 6.07 Å². The van der Waals surface area contributed by atoms with Crippen LogP contribution in [0, 0.1) is 10.1 Å². The molecule has 0 saturated heterocycles. The summed E-state index contributed by atoms with van der Waals surface area (Å²) in [7, 11) is 0. The van der Waals surface area contributed by atoms with Gasteiger partial charge in [-0.05, 0) is 12.1 Å². The lowest BCUT2D eigenvalue weighted by Gasteiger charge is -2.15. The second-order valence-electron chi connectivity index (χ2n) is 4.19. The summed E-state index contributed by atoms with van der Waals surface area (Å²) in [5.74, 6) is -5.21. The maximum atomic E-state index is 14.2. The molecule has 7 heteroatoms. The van der Waals surface area contributed by atoms with Gasteiger partial charge in [0, 0.05) is 17.2 Å². The molecule has 0 aliphatic heterocycles. The van der Waals surface area contributed by atoms with Gasteiger partial charge in [-0.2, -0.15) is 8.78 Å². The third kappa shape index (κ3) is 2.90. The monoisotopic (exact) mass is 311 g/mol. The number of nitrogens with zero attached hydrogens (tertiary/aromatic N) is 1. The molecule has 2 aromatic carbocycles. The van der Waals surface area contributed by atoms with E-state index in [2.05, 4.69) is 0 Å². The van der Waals surface area contributed by atoms with Gasteiger partial charge >= 0.3 is 5.92 Å². The lowest BCUT2D eigenvalue weighted by molar-refractivity contribution is -0.384. The summed E-state index contributed by atoms with van der Waals surface area (Å²) in [4.78, 5) is 21.7. The lowest BCUT2D eigenvalue weighted by atomic mass is 9.99. The number of nitro benzene ring substituents is 1. The SMILES string of the molecule is O=C(c1ccccc1)C(F)(F)c1ccc([N+](=O)[O-])c(Cl)c1. The zero-order chi connectivity index (χ0) is 15.6. The van der Waals surface area contributed by atoms with Crippen LogP contribution in [0.1, 0.15) is 15.9 Å². The van der Waals surface area contributed by atoms with Crippen LogP contribution in [-0.2, 0) is 5.92 Å². The summed E-state index contributed by atoms with van der Waals surface area (Å²) in [6, 6.07) is 9.47. The van der Waals surface area contributed by atoms with Crippen LogP contribution in [0.15, 0.2) is 48.5 Å². The van der Waals surface area contributed by atoms with Crippen molar-refractivity contribution in [2.75, 3.05) is 0 Å². The Morgan fingerprint density at radius 3 is 2.29 bits per heavy atom. The molecule has 0 bridgehead atoms. The Balaban J connectivity index is 2.42. The zero-order valence-electron chi connectivity index (χ0n) is 10.4. The van der Waals surface area contributed by atoms with E-state index < -0.39 is 32.9 Å². The van der Waals surface area contributed by atoms with E-state index in [1.807, 2.05) is 0 Å². The highest BCUT2D eigenvalue weighted by Crippen LogP contribution is 2.36. The third-order valence-electron chi connectivity index (χ3n) is 2.83.